The molecule has 0 radical (unpaired) electrons. The maximum absolute atomic E-state index is 12.0. The molecular weight excluding hydrogens is 250 g/mol. The first kappa shape index (κ1) is 14.0. The van der Waals surface area contributed by atoms with E-state index >= 15 is 0 Å². The number of aliphatic carboxylic acids is 1. The fraction of sp³-hybridized carbons (Fsp3) is 0.769. The molecule has 2 aliphatic rings. The zero-order valence-electron chi connectivity index (χ0n) is 11.2. The quantitative estimate of drug-likeness (QED) is 0.755. The van der Waals surface area contributed by atoms with E-state index in [1.807, 2.05) is 0 Å². The van der Waals surface area contributed by atoms with E-state index in [0.29, 0.717) is 26.1 Å². The lowest BCUT2D eigenvalue weighted by Crippen LogP contribution is -2.48. The molecule has 0 bridgehead atoms. The van der Waals surface area contributed by atoms with Crippen LogP contribution in [0.2, 0.25) is 0 Å². The van der Waals surface area contributed by atoms with Gasteiger partial charge in [-0.05, 0) is 12.8 Å². The summed E-state index contributed by atoms with van der Waals surface area (Å²) in [6.07, 6.45) is 0.671. The minimum absolute atomic E-state index is 0.0297. The van der Waals surface area contributed by atoms with Crippen molar-refractivity contribution in [3.8, 4) is 0 Å². The van der Waals surface area contributed by atoms with Crippen molar-refractivity contribution in [2.24, 2.45) is 17.3 Å². The first-order chi connectivity index (χ1) is 8.89. The lowest BCUT2D eigenvalue weighted by molar-refractivity contribution is -0.159. The van der Waals surface area contributed by atoms with Crippen LogP contribution in [0, 0.1) is 17.3 Å². The van der Waals surface area contributed by atoms with Crippen LogP contribution in [0.1, 0.15) is 26.7 Å². The number of carbonyl (C=O) groups excluding carboxylic acids is 2. The molecule has 2 atom stereocenters. The molecule has 0 aromatic heterocycles. The van der Waals surface area contributed by atoms with Gasteiger partial charge in [0.05, 0.1) is 5.41 Å². The molecule has 2 rings (SSSR count). The second-order valence-electron chi connectivity index (χ2n) is 5.54. The van der Waals surface area contributed by atoms with Crippen molar-refractivity contribution in [1.29, 1.82) is 0 Å². The Kier molecular flexibility index (Phi) is 3.62. The zero-order valence-corrected chi connectivity index (χ0v) is 11.2. The predicted molar refractivity (Wildman–Crippen MR) is 65.2 cm³/mol. The van der Waals surface area contributed by atoms with Gasteiger partial charge in [-0.1, -0.05) is 13.8 Å². The first-order valence-electron chi connectivity index (χ1n) is 6.55. The minimum Gasteiger partial charge on any atom is -0.481 e. The Morgan fingerprint density at radius 3 is 2.16 bits per heavy atom. The van der Waals surface area contributed by atoms with Gasteiger partial charge in [0.25, 0.3) is 0 Å². The molecule has 0 spiro atoms. The summed E-state index contributed by atoms with van der Waals surface area (Å²) in [5.41, 5.74) is -1.05. The van der Waals surface area contributed by atoms with Crippen molar-refractivity contribution < 1.29 is 24.2 Å². The number of carboxylic acid groups (broad SMARTS) is 1. The maximum atomic E-state index is 12.0. The number of carbonyl (C=O) groups is 3. The highest BCUT2D eigenvalue weighted by Crippen LogP contribution is 2.35. The number of rotatable bonds is 3. The Bertz CT molecular complexity index is 393. The SMILES string of the molecule is CC1C(=O)N(CC2(C(=O)O)CCOCC2)C(=O)C1C. The number of likely N-dealkylation sites (tertiary alicyclic amines) is 1. The number of amides is 2. The van der Waals surface area contributed by atoms with Crippen molar-refractivity contribution in [3.63, 3.8) is 0 Å². The Hall–Kier alpha value is -1.43. The van der Waals surface area contributed by atoms with Gasteiger partial charge in [-0.25, -0.2) is 0 Å². The van der Waals surface area contributed by atoms with E-state index < -0.39 is 11.4 Å². The average molecular weight is 269 g/mol. The molecule has 6 heteroatoms. The molecule has 2 saturated heterocycles. The lowest BCUT2D eigenvalue weighted by atomic mass is 9.79. The van der Waals surface area contributed by atoms with Crippen molar-refractivity contribution in [3.05, 3.63) is 0 Å². The number of imide groups is 1. The number of ether oxygens (including phenoxy) is 1. The third-order valence-electron chi connectivity index (χ3n) is 4.43. The molecule has 1 N–H and O–H groups in total. The Morgan fingerprint density at radius 2 is 1.74 bits per heavy atom. The van der Waals surface area contributed by atoms with Crippen LogP contribution >= 0.6 is 0 Å². The van der Waals surface area contributed by atoms with E-state index in [1.54, 1.807) is 13.8 Å². The molecule has 6 nitrogen and oxygen atoms in total. The maximum Gasteiger partial charge on any atom is 0.311 e. The van der Waals surface area contributed by atoms with Crippen LogP contribution in [-0.4, -0.2) is 47.5 Å². The molecule has 2 heterocycles. The fourth-order valence-corrected chi connectivity index (χ4v) is 2.69. The van der Waals surface area contributed by atoms with Gasteiger partial charge in [0.1, 0.15) is 0 Å². The zero-order chi connectivity index (χ0) is 14.2. The molecule has 19 heavy (non-hydrogen) atoms. The van der Waals surface area contributed by atoms with E-state index in [-0.39, 0.29) is 30.2 Å². The number of hydrogen-bond donors (Lipinski definition) is 1. The first-order valence-corrected chi connectivity index (χ1v) is 6.55. The van der Waals surface area contributed by atoms with Crippen LogP contribution in [0.15, 0.2) is 0 Å². The summed E-state index contributed by atoms with van der Waals surface area (Å²) in [6, 6.07) is 0. The fourth-order valence-electron chi connectivity index (χ4n) is 2.69. The monoisotopic (exact) mass is 269 g/mol. The van der Waals surface area contributed by atoms with E-state index in [0.717, 1.165) is 4.90 Å². The van der Waals surface area contributed by atoms with Gasteiger partial charge in [0.15, 0.2) is 0 Å². The van der Waals surface area contributed by atoms with E-state index in [1.165, 1.54) is 0 Å². The predicted octanol–water partition coefficient (Wildman–Crippen LogP) is 0.509. The minimum atomic E-state index is -1.05. The second kappa shape index (κ2) is 4.92. The van der Waals surface area contributed by atoms with Gasteiger partial charge in [0, 0.05) is 31.6 Å². The molecule has 0 aromatic carbocycles. The van der Waals surface area contributed by atoms with Crippen LogP contribution < -0.4 is 0 Å². The summed E-state index contributed by atoms with van der Waals surface area (Å²) in [7, 11) is 0. The van der Waals surface area contributed by atoms with Crippen molar-refractivity contribution >= 4 is 17.8 Å². The molecule has 2 unspecified atom stereocenters. The Balaban J connectivity index is 2.20. The summed E-state index contributed by atoms with van der Waals surface area (Å²) >= 11 is 0. The van der Waals surface area contributed by atoms with Gasteiger partial charge in [-0.2, -0.15) is 0 Å². The van der Waals surface area contributed by atoms with Crippen LogP contribution in [0.3, 0.4) is 0 Å². The number of carboxylic acids is 1. The summed E-state index contributed by atoms with van der Waals surface area (Å²) in [6.45, 7) is 4.10. The van der Waals surface area contributed by atoms with Gasteiger partial charge >= 0.3 is 5.97 Å². The Morgan fingerprint density at radius 1 is 1.26 bits per heavy atom. The van der Waals surface area contributed by atoms with Crippen molar-refractivity contribution in [2.45, 2.75) is 26.7 Å². The summed E-state index contributed by atoms with van der Waals surface area (Å²) in [5.74, 6) is -2.20. The highest BCUT2D eigenvalue weighted by Gasteiger charge is 2.49. The van der Waals surface area contributed by atoms with E-state index in [4.69, 9.17) is 4.74 Å². The summed E-state index contributed by atoms with van der Waals surface area (Å²) < 4.78 is 5.18. The van der Waals surface area contributed by atoms with Crippen molar-refractivity contribution in [1.82, 2.24) is 4.90 Å². The number of nitrogens with zero attached hydrogens (tertiary/aromatic N) is 1. The smallest absolute Gasteiger partial charge is 0.311 e. The molecule has 2 fully saturated rings. The standard InChI is InChI=1S/C13H19NO5/c1-8-9(2)11(16)14(10(8)15)7-13(12(17)18)3-5-19-6-4-13/h8-9H,3-7H2,1-2H3,(H,17,18). The van der Waals surface area contributed by atoms with Crippen LogP contribution in [0.4, 0.5) is 0 Å². The molecular formula is C13H19NO5. The van der Waals surface area contributed by atoms with E-state index in [2.05, 4.69) is 0 Å². The van der Waals surface area contributed by atoms with Crippen LogP contribution in [-0.2, 0) is 19.1 Å². The second-order valence-corrected chi connectivity index (χ2v) is 5.54. The third-order valence-corrected chi connectivity index (χ3v) is 4.43. The number of hydrogen-bond acceptors (Lipinski definition) is 4. The lowest BCUT2D eigenvalue weighted by Gasteiger charge is -2.35. The van der Waals surface area contributed by atoms with Gasteiger partial charge in [0.2, 0.25) is 11.8 Å². The van der Waals surface area contributed by atoms with E-state index in [9.17, 15) is 19.5 Å². The normalized spacial score (nSPS) is 30.7. The van der Waals surface area contributed by atoms with Gasteiger partial charge < -0.3 is 9.84 Å². The van der Waals surface area contributed by atoms with Gasteiger partial charge in [-0.3, -0.25) is 19.3 Å². The molecule has 0 aromatic rings. The van der Waals surface area contributed by atoms with Crippen LogP contribution in [0.5, 0.6) is 0 Å². The largest absolute Gasteiger partial charge is 0.481 e. The molecule has 2 aliphatic heterocycles. The molecule has 0 saturated carbocycles. The highest BCUT2D eigenvalue weighted by atomic mass is 16.5. The molecule has 2 amide bonds. The Labute approximate surface area is 111 Å². The topological polar surface area (TPSA) is 83.9 Å². The summed E-state index contributed by atoms with van der Waals surface area (Å²) in [5, 5.41) is 9.45. The van der Waals surface area contributed by atoms with Gasteiger partial charge in [-0.15, -0.1) is 0 Å². The molecule has 106 valence electrons. The highest BCUT2D eigenvalue weighted by molar-refractivity contribution is 6.05. The van der Waals surface area contributed by atoms with Crippen molar-refractivity contribution in [2.75, 3.05) is 19.8 Å². The third kappa shape index (κ3) is 2.25. The average Bonchev–Trinajstić information content (AvgIpc) is 2.57. The van der Waals surface area contributed by atoms with Crippen LogP contribution in [0.25, 0.3) is 0 Å². The molecule has 0 aliphatic carbocycles. The summed E-state index contributed by atoms with van der Waals surface area (Å²) in [4.78, 5) is 36.8.